The van der Waals surface area contributed by atoms with Gasteiger partial charge in [0.15, 0.2) is 11.5 Å². The van der Waals surface area contributed by atoms with Gasteiger partial charge in [-0.2, -0.15) is 5.26 Å². The SMILES string of the molecule is CCOc1cc(/C=C(/C#N)C(=O)N[C@H](C)c2ccccc2)cc(Br)c1OC(C)C. The van der Waals surface area contributed by atoms with E-state index in [0.29, 0.717) is 28.1 Å². The minimum Gasteiger partial charge on any atom is -0.490 e. The van der Waals surface area contributed by atoms with Crippen molar-refractivity contribution in [2.45, 2.75) is 39.8 Å². The molecule has 152 valence electrons. The number of rotatable bonds is 8. The van der Waals surface area contributed by atoms with Crippen LogP contribution in [0.5, 0.6) is 11.5 Å². The number of benzene rings is 2. The quantitative estimate of drug-likeness (QED) is 0.425. The molecule has 0 aliphatic carbocycles. The molecule has 1 amide bonds. The molecule has 0 bridgehead atoms. The summed E-state index contributed by atoms with van der Waals surface area (Å²) in [5, 5.41) is 12.4. The monoisotopic (exact) mass is 456 g/mol. The summed E-state index contributed by atoms with van der Waals surface area (Å²) < 4.78 is 12.2. The summed E-state index contributed by atoms with van der Waals surface area (Å²) in [4.78, 5) is 12.6. The van der Waals surface area contributed by atoms with Crippen LogP contribution in [0.2, 0.25) is 0 Å². The zero-order valence-electron chi connectivity index (χ0n) is 17.0. The number of nitriles is 1. The number of carbonyl (C=O) groups excluding carboxylic acids is 1. The van der Waals surface area contributed by atoms with Crippen molar-refractivity contribution < 1.29 is 14.3 Å². The van der Waals surface area contributed by atoms with Gasteiger partial charge < -0.3 is 14.8 Å². The van der Waals surface area contributed by atoms with Crippen LogP contribution >= 0.6 is 15.9 Å². The third-order valence-electron chi connectivity index (χ3n) is 4.01. The Morgan fingerprint density at radius 2 is 1.93 bits per heavy atom. The summed E-state index contributed by atoms with van der Waals surface area (Å²) in [7, 11) is 0. The van der Waals surface area contributed by atoms with E-state index in [1.165, 1.54) is 0 Å². The second-order valence-corrected chi connectivity index (χ2v) is 7.56. The Hall–Kier alpha value is -2.78. The van der Waals surface area contributed by atoms with E-state index in [-0.39, 0.29) is 17.7 Å². The second-order valence-electron chi connectivity index (χ2n) is 6.71. The molecule has 0 aliphatic rings. The van der Waals surface area contributed by atoms with Gasteiger partial charge in [0.1, 0.15) is 11.6 Å². The smallest absolute Gasteiger partial charge is 0.262 e. The molecular weight excluding hydrogens is 432 g/mol. The van der Waals surface area contributed by atoms with Crippen LogP contribution in [-0.2, 0) is 4.79 Å². The highest BCUT2D eigenvalue weighted by molar-refractivity contribution is 9.10. The van der Waals surface area contributed by atoms with Crippen LogP contribution in [0.3, 0.4) is 0 Å². The molecule has 0 unspecified atom stereocenters. The minimum atomic E-state index is -0.430. The van der Waals surface area contributed by atoms with Crippen molar-refractivity contribution in [1.29, 1.82) is 5.26 Å². The van der Waals surface area contributed by atoms with Crippen LogP contribution in [-0.4, -0.2) is 18.6 Å². The number of carbonyl (C=O) groups is 1. The molecule has 2 aromatic carbocycles. The van der Waals surface area contributed by atoms with E-state index >= 15 is 0 Å². The highest BCUT2D eigenvalue weighted by Gasteiger charge is 2.16. The largest absolute Gasteiger partial charge is 0.490 e. The molecule has 0 fully saturated rings. The van der Waals surface area contributed by atoms with Gasteiger partial charge in [0.2, 0.25) is 0 Å². The molecule has 0 saturated heterocycles. The first kappa shape index (κ1) is 22.5. The van der Waals surface area contributed by atoms with Crippen molar-refractivity contribution in [1.82, 2.24) is 5.32 Å². The summed E-state index contributed by atoms with van der Waals surface area (Å²) in [6.07, 6.45) is 1.52. The van der Waals surface area contributed by atoms with E-state index in [1.54, 1.807) is 18.2 Å². The molecule has 1 atom stereocenters. The van der Waals surface area contributed by atoms with Gasteiger partial charge in [-0.05, 0) is 73.0 Å². The standard InChI is InChI=1S/C23H25BrN2O3/c1-5-28-21-13-17(12-20(24)22(21)29-15(2)3)11-19(14-25)23(27)26-16(4)18-9-7-6-8-10-18/h6-13,15-16H,5H2,1-4H3,(H,26,27)/b19-11-/t16-/m1/s1. The first-order valence-electron chi connectivity index (χ1n) is 9.46. The van der Waals surface area contributed by atoms with E-state index in [2.05, 4.69) is 21.2 Å². The molecule has 0 radical (unpaired) electrons. The van der Waals surface area contributed by atoms with Crippen molar-refractivity contribution in [2.24, 2.45) is 0 Å². The fourth-order valence-electron chi connectivity index (χ4n) is 2.70. The topological polar surface area (TPSA) is 71.3 Å². The number of nitrogens with one attached hydrogen (secondary N) is 1. The Kier molecular flexibility index (Phi) is 8.29. The third kappa shape index (κ3) is 6.37. The van der Waals surface area contributed by atoms with Gasteiger partial charge in [0, 0.05) is 0 Å². The lowest BCUT2D eigenvalue weighted by atomic mass is 10.1. The van der Waals surface area contributed by atoms with Crippen molar-refractivity contribution in [3.63, 3.8) is 0 Å². The van der Waals surface area contributed by atoms with Gasteiger partial charge in [0.25, 0.3) is 5.91 Å². The molecule has 0 aromatic heterocycles. The highest BCUT2D eigenvalue weighted by atomic mass is 79.9. The maximum atomic E-state index is 12.6. The van der Waals surface area contributed by atoms with E-state index in [9.17, 15) is 10.1 Å². The number of hydrogen-bond acceptors (Lipinski definition) is 4. The zero-order chi connectivity index (χ0) is 21.4. The van der Waals surface area contributed by atoms with E-state index in [4.69, 9.17) is 9.47 Å². The van der Waals surface area contributed by atoms with Gasteiger partial charge in [-0.3, -0.25) is 4.79 Å². The lowest BCUT2D eigenvalue weighted by Crippen LogP contribution is -2.27. The molecule has 29 heavy (non-hydrogen) atoms. The van der Waals surface area contributed by atoms with Gasteiger partial charge in [0.05, 0.1) is 23.2 Å². The molecule has 1 N–H and O–H groups in total. The van der Waals surface area contributed by atoms with Crippen molar-refractivity contribution in [2.75, 3.05) is 6.61 Å². The van der Waals surface area contributed by atoms with Crippen LogP contribution in [0, 0.1) is 11.3 Å². The minimum absolute atomic E-state index is 0.0136. The number of hydrogen-bond donors (Lipinski definition) is 1. The first-order valence-corrected chi connectivity index (χ1v) is 10.3. The fraction of sp³-hybridized carbons (Fsp3) is 0.304. The molecule has 0 spiro atoms. The summed E-state index contributed by atoms with van der Waals surface area (Å²) in [6.45, 7) is 8.09. The van der Waals surface area contributed by atoms with Crippen LogP contribution in [0.1, 0.15) is 44.9 Å². The van der Waals surface area contributed by atoms with E-state index < -0.39 is 5.91 Å². The maximum Gasteiger partial charge on any atom is 0.262 e. The molecule has 0 heterocycles. The second kappa shape index (κ2) is 10.7. The first-order chi connectivity index (χ1) is 13.8. The maximum absolute atomic E-state index is 12.6. The average molecular weight is 457 g/mol. The van der Waals surface area contributed by atoms with Crippen LogP contribution in [0.4, 0.5) is 0 Å². The molecule has 2 rings (SSSR count). The number of nitrogens with zero attached hydrogens (tertiary/aromatic N) is 1. The lowest BCUT2D eigenvalue weighted by molar-refractivity contribution is -0.117. The summed E-state index contributed by atoms with van der Waals surface area (Å²) >= 11 is 3.50. The predicted octanol–water partition coefficient (Wildman–Crippen LogP) is 5.42. The van der Waals surface area contributed by atoms with Crippen molar-refractivity contribution >= 4 is 27.9 Å². The zero-order valence-corrected chi connectivity index (χ0v) is 18.6. The molecule has 0 aliphatic heterocycles. The van der Waals surface area contributed by atoms with Crippen molar-refractivity contribution in [3.8, 4) is 17.6 Å². The molecule has 6 heteroatoms. The van der Waals surface area contributed by atoms with Crippen LogP contribution < -0.4 is 14.8 Å². The molecule has 5 nitrogen and oxygen atoms in total. The lowest BCUT2D eigenvalue weighted by Gasteiger charge is -2.17. The van der Waals surface area contributed by atoms with Gasteiger partial charge >= 0.3 is 0 Å². The molecule has 0 saturated carbocycles. The summed E-state index contributed by atoms with van der Waals surface area (Å²) in [5.74, 6) is 0.720. The number of ether oxygens (including phenoxy) is 2. The van der Waals surface area contributed by atoms with Gasteiger partial charge in [-0.25, -0.2) is 0 Å². The van der Waals surface area contributed by atoms with E-state index in [0.717, 1.165) is 5.56 Å². The Balaban J connectivity index is 2.29. The molecular formula is C23H25BrN2O3. The predicted molar refractivity (Wildman–Crippen MR) is 118 cm³/mol. The Labute approximate surface area is 180 Å². The summed E-state index contributed by atoms with van der Waals surface area (Å²) in [5.41, 5.74) is 1.64. The van der Waals surface area contributed by atoms with Crippen molar-refractivity contribution in [3.05, 3.63) is 63.6 Å². The molecule has 2 aromatic rings. The summed E-state index contributed by atoms with van der Waals surface area (Å²) in [6, 6.07) is 14.9. The Bertz CT molecular complexity index is 918. The number of amides is 1. The fourth-order valence-corrected chi connectivity index (χ4v) is 3.25. The Morgan fingerprint density at radius 3 is 2.52 bits per heavy atom. The highest BCUT2D eigenvalue weighted by Crippen LogP contribution is 2.38. The normalized spacial score (nSPS) is 12.2. The third-order valence-corrected chi connectivity index (χ3v) is 4.60. The van der Waals surface area contributed by atoms with Gasteiger partial charge in [-0.1, -0.05) is 30.3 Å². The number of halogens is 1. The van der Waals surface area contributed by atoms with E-state index in [1.807, 2.05) is 64.1 Å². The van der Waals surface area contributed by atoms with Crippen LogP contribution in [0.15, 0.2) is 52.5 Å². The van der Waals surface area contributed by atoms with Gasteiger partial charge in [-0.15, -0.1) is 0 Å². The average Bonchev–Trinajstić information content (AvgIpc) is 2.69. The Morgan fingerprint density at radius 1 is 1.24 bits per heavy atom. The van der Waals surface area contributed by atoms with Crippen LogP contribution in [0.25, 0.3) is 6.08 Å².